The number of quaternary nitrogens is 1. The minimum absolute atomic E-state index is 0.00989. The second-order valence-electron chi connectivity index (χ2n) is 14.6. The van der Waals surface area contributed by atoms with E-state index in [-0.39, 0.29) is 12.5 Å². The fraction of sp³-hybridized carbons (Fsp3) is 0.659. The number of nitrogens with zero attached hydrogens (tertiary/aromatic N) is 1. The highest BCUT2D eigenvalue weighted by molar-refractivity contribution is 7.45. The van der Waals surface area contributed by atoms with Crippen LogP contribution in [0, 0.1) is 0 Å². The molecular weight excluding hydrogens is 683 g/mol. The van der Waals surface area contributed by atoms with E-state index in [4.69, 9.17) is 9.05 Å². The Hall–Kier alpha value is -2.32. The average Bonchev–Trinajstić information content (AvgIpc) is 3.10. The van der Waals surface area contributed by atoms with Crippen LogP contribution in [0.3, 0.4) is 0 Å². The molecule has 304 valence electrons. The Morgan fingerprint density at radius 1 is 0.679 bits per heavy atom. The van der Waals surface area contributed by atoms with Crippen LogP contribution < -0.4 is 10.2 Å². The van der Waals surface area contributed by atoms with E-state index in [1.165, 1.54) is 12.8 Å². The van der Waals surface area contributed by atoms with Crippen LogP contribution in [0.4, 0.5) is 0 Å². The third-order valence-electron chi connectivity index (χ3n) is 8.36. The Labute approximate surface area is 325 Å². The van der Waals surface area contributed by atoms with Gasteiger partial charge in [-0.1, -0.05) is 144 Å². The molecule has 2 N–H and O–H groups in total. The molecule has 0 aromatic heterocycles. The summed E-state index contributed by atoms with van der Waals surface area (Å²) in [6.07, 6.45) is 48.0. The molecule has 0 bridgehead atoms. The standard InChI is InChI=1S/C44H77N2O6P/c1-6-8-10-12-14-15-16-17-18-19-20-21-22-23-24-25-26-27-28-29-30-31-32-34-36-38-44(48)45-42(43(47)37-35-33-13-11-9-7-2)41-52-53(49,50)51-40-39-46(3,4)5/h8,10,14-15,17-18,20-21,23-24,26-27,35,37,42-43,47H,6-7,9,11-13,16,19,22,25,28-34,36,38-41H2,1-5H3,(H-,45,48,49,50)/b10-8-,15-14-,18-17-,21-20-,24-23-,27-26-,37-35+. The van der Waals surface area contributed by atoms with Gasteiger partial charge in [-0.25, -0.2) is 0 Å². The van der Waals surface area contributed by atoms with Crippen LogP contribution in [0.2, 0.25) is 0 Å². The number of rotatable bonds is 35. The predicted molar refractivity (Wildman–Crippen MR) is 223 cm³/mol. The number of hydrogen-bond donors (Lipinski definition) is 2. The second kappa shape index (κ2) is 35.4. The van der Waals surface area contributed by atoms with Gasteiger partial charge in [0.15, 0.2) is 0 Å². The molecule has 0 fully saturated rings. The number of phosphoric acid groups is 1. The lowest BCUT2D eigenvalue weighted by molar-refractivity contribution is -0.870. The van der Waals surface area contributed by atoms with Crippen molar-refractivity contribution < 1.29 is 32.9 Å². The minimum Gasteiger partial charge on any atom is -0.756 e. The number of amides is 1. The number of allylic oxidation sites excluding steroid dienone is 13. The Morgan fingerprint density at radius 2 is 1.15 bits per heavy atom. The van der Waals surface area contributed by atoms with Crippen LogP contribution in [0.25, 0.3) is 0 Å². The number of aliphatic hydroxyl groups is 1. The molecule has 0 heterocycles. The second-order valence-corrected chi connectivity index (χ2v) is 16.0. The first kappa shape index (κ1) is 50.7. The molecule has 0 spiro atoms. The van der Waals surface area contributed by atoms with Gasteiger partial charge in [0.05, 0.1) is 39.9 Å². The molecule has 0 aromatic carbocycles. The lowest BCUT2D eigenvalue weighted by Gasteiger charge is -2.29. The SMILES string of the molecule is CC/C=C\C/C=C\C/C=C\C/C=C\C/C=C\C/C=C\CCCCCCCCC(=O)NC(COP(=O)([O-])OCC[N+](C)(C)C)C(O)/C=C/CCCCCC. The van der Waals surface area contributed by atoms with Crippen molar-refractivity contribution in [1.29, 1.82) is 0 Å². The third kappa shape index (κ3) is 37.8. The normalized spacial score (nSPS) is 15.4. The Kier molecular flexibility index (Phi) is 33.8. The zero-order chi connectivity index (χ0) is 39.3. The summed E-state index contributed by atoms with van der Waals surface area (Å²) in [6, 6.07) is -0.896. The summed E-state index contributed by atoms with van der Waals surface area (Å²) in [7, 11) is 1.23. The van der Waals surface area contributed by atoms with Crippen LogP contribution >= 0.6 is 7.82 Å². The molecule has 0 rings (SSSR count). The van der Waals surface area contributed by atoms with Gasteiger partial charge in [0, 0.05) is 6.42 Å². The van der Waals surface area contributed by atoms with Gasteiger partial charge in [-0.3, -0.25) is 9.36 Å². The summed E-state index contributed by atoms with van der Waals surface area (Å²) in [5, 5.41) is 13.6. The van der Waals surface area contributed by atoms with E-state index >= 15 is 0 Å². The monoisotopic (exact) mass is 761 g/mol. The molecule has 3 unspecified atom stereocenters. The maximum absolute atomic E-state index is 12.7. The van der Waals surface area contributed by atoms with Gasteiger partial charge in [0.1, 0.15) is 13.2 Å². The molecule has 0 aliphatic heterocycles. The molecule has 9 heteroatoms. The van der Waals surface area contributed by atoms with E-state index in [0.29, 0.717) is 17.4 Å². The molecular formula is C44H77N2O6P. The summed E-state index contributed by atoms with van der Waals surface area (Å²) in [4.78, 5) is 25.1. The molecule has 8 nitrogen and oxygen atoms in total. The van der Waals surface area contributed by atoms with Crippen molar-refractivity contribution in [2.75, 3.05) is 40.9 Å². The van der Waals surface area contributed by atoms with E-state index in [1.807, 2.05) is 27.2 Å². The fourth-order valence-electron chi connectivity index (χ4n) is 5.09. The van der Waals surface area contributed by atoms with Crippen LogP contribution in [-0.2, 0) is 18.4 Å². The summed E-state index contributed by atoms with van der Waals surface area (Å²) in [5.41, 5.74) is 0. The maximum Gasteiger partial charge on any atom is 0.268 e. The first-order chi connectivity index (χ1) is 25.5. The number of carbonyl (C=O) groups is 1. The number of likely N-dealkylation sites (N-methyl/N-ethyl adjacent to an activating group) is 1. The summed E-state index contributed by atoms with van der Waals surface area (Å²) in [6.45, 7) is 4.39. The zero-order valence-electron chi connectivity index (χ0n) is 34.2. The van der Waals surface area contributed by atoms with Gasteiger partial charge in [0.2, 0.25) is 5.91 Å². The molecule has 0 aromatic rings. The van der Waals surface area contributed by atoms with E-state index in [1.54, 1.807) is 6.08 Å². The van der Waals surface area contributed by atoms with E-state index < -0.39 is 26.6 Å². The number of nitrogens with one attached hydrogen (secondary N) is 1. The molecule has 0 aliphatic rings. The van der Waals surface area contributed by atoms with Crippen molar-refractivity contribution in [1.82, 2.24) is 5.32 Å². The molecule has 53 heavy (non-hydrogen) atoms. The molecule has 3 atom stereocenters. The topological polar surface area (TPSA) is 108 Å². The van der Waals surface area contributed by atoms with E-state index in [9.17, 15) is 19.4 Å². The minimum atomic E-state index is -4.58. The van der Waals surface area contributed by atoms with Gasteiger partial charge < -0.3 is 28.8 Å². The summed E-state index contributed by atoms with van der Waals surface area (Å²) >= 11 is 0. The molecule has 0 aliphatic carbocycles. The van der Waals surface area contributed by atoms with Crippen molar-refractivity contribution in [3.05, 3.63) is 85.1 Å². The molecule has 0 radical (unpaired) electrons. The van der Waals surface area contributed by atoms with Crippen molar-refractivity contribution in [3.63, 3.8) is 0 Å². The van der Waals surface area contributed by atoms with Gasteiger partial charge in [-0.15, -0.1) is 0 Å². The maximum atomic E-state index is 12.7. The molecule has 1 amide bonds. The quantitative estimate of drug-likeness (QED) is 0.0288. The fourth-order valence-corrected chi connectivity index (χ4v) is 5.82. The zero-order valence-corrected chi connectivity index (χ0v) is 35.1. The number of aliphatic hydroxyl groups excluding tert-OH is 1. The highest BCUT2D eigenvalue weighted by Gasteiger charge is 2.23. The van der Waals surface area contributed by atoms with Crippen LogP contribution in [0.5, 0.6) is 0 Å². The number of phosphoric ester groups is 1. The van der Waals surface area contributed by atoms with Gasteiger partial charge in [-0.05, 0) is 70.6 Å². The highest BCUT2D eigenvalue weighted by atomic mass is 31.2. The van der Waals surface area contributed by atoms with Gasteiger partial charge in [-0.2, -0.15) is 0 Å². The number of hydrogen-bond acceptors (Lipinski definition) is 6. The number of unbranched alkanes of at least 4 members (excludes halogenated alkanes) is 10. The third-order valence-corrected chi connectivity index (χ3v) is 9.33. The van der Waals surface area contributed by atoms with Gasteiger partial charge in [0.25, 0.3) is 7.82 Å². The largest absolute Gasteiger partial charge is 0.756 e. The summed E-state index contributed by atoms with van der Waals surface area (Å²) in [5.74, 6) is -0.224. The molecule has 0 saturated carbocycles. The predicted octanol–water partition coefficient (Wildman–Crippen LogP) is 10.4. The van der Waals surface area contributed by atoms with Crippen molar-refractivity contribution in [3.8, 4) is 0 Å². The van der Waals surface area contributed by atoms with E-state index in [0.717, 1.165) is 103 Å². The van der Waals surface area contributed by atoms with Crippen molar-refractivity contribution >= 4 is 13.7 Å². The Morgan fingerprint density at radius 3 is 1.68 bits per heavy atom. The summed E-state index contributed by atoms with van der Waals surface area (Å²) < 4.78 is 23.0. The van der Waals surface area contributed by atoms with Crippen molar-refractivity contribution in [2.24, 2.45) is 0 Å². The van der Waals surface area contributed by atoms with E-state index in [2.05, 4.69) is 92.1 Å². The van der Waals surface area contributed by atoms with Crippen LogP contribution in [0.15, 0.2) is 85.1 Å². The van der Waals surface area contributed by atoms with Crippen LogP contribution in [0.1, 0.15) is 136 Å². The Balaban J connectivity index is 4.24. The first-order valence-electron chi connectivity index (χ1n) is 20.4. The lowest BCUT2D eigenvalue weighted by atomic mass is 10.1. The first-order valence-corrected chi connectivity index (χ1v) is 21.9. The highest BCUT2D eigenvalue weighted by Crippen LogP contribution is 2.38. The smallest absolute Gasteiger partial charge is 0.268 e. The van der Waals surface area contributed by atoms with Crippen molar-refractivity contribution in [2.45, 2.75) is 148 Å². The lowest BCUT2D eigenvalue weighted by Crippen LogP contribution is -2.45. The Bertz CT molecular complexity index is 1140. The molecule has 0 saturated heterocycles. The number of carbonyl (C=O) groups excluding carboxylic acids is 1. The van der Waals surface area contributed by atoms with Crippen LogP contribution in [-0.4, -0.2) is 68.5 Å². The average molecular weight is 761 g/mol. The van der Waals surface area contributed by atoms with Gasteiger partial charge >= 0.3 is 0 Å².